The third-order valence-electron chi connectivity index (χ3n) is 5.39. The SMILES string of the molecule is CCCCC(CC)CNC(=NCC(=O)N(C)C)NCC1(OC)CCOCC1. The van der Waals surface area contributed by atoms with E-state index < -0.39 is 0 Å². The number of nitrogens with one attached hydrogen (secondary N) is 2. The number of likely N-dealkylation sites (N-methyl/N-ethyl adjacent to an activating group) is 1. The van der Waals surface area contributed by atoms with Gasteiger partial charge in [-0.2, -0.15) is 0 Å². The summed E-state index contributed by atoms with van der Waals surface area (Å²) in [7, 11) is 5.25. The number of rotatable bonds is 11. The minimum atomic E-state index is -0.237. The number of hydrogen-bond acceptors (Lipinski definition) is 4. The number of carbonyl (C=O) groups excluding carboxylic acids is 1. The van der Waals surface area contributed by atoms with Crippen LogP contribution in [0.5, 0.6) is 0 Å². The van der Waals surface area contributed by atoms with Gasteiger partial charge in [-0.3, -0.25) is 4.79 Å². The molecule has 0 aliphatic carbocycles. The number of ether oxygens (including phenoxy) is 2. The van der Waals surface area contributed by atoms with Crippen molar-refractivity contribution in [3.63, 3.8) is 0 Å². The maximum atomic E-state index is 11.9. The number of carbonyl (C=O) groups is 1. The summed E-state index contributed by atoms with van der Waals surface area (Å²) in [5, 5.41) is 6.83. The third kappa shape index (κ3) is 8.93. The van der Waals surface area contributed by atoms with Crippen LogP contribution < -0.4 is 10.6 Å². The molecule has 1 aliphatic heterocycles. The first-order valence-electron chi connectivity index (χ1n) is 10.3. The number of guanidine groups is 1. The zero-order chi connectivity index (χ0) is 20.1. The first kappa shape index (κ1) is 23.7. The highest BCUT2D eigenvalue weighted by molar-refractivity contribution is 5.84. The van der Waals surface area contributed by atoms with Gasteiger partial charge in [-0.1, -0.05) is 33.1 Å². The Balaban J connectivity index is 2.68. The van der Waals surface area contributed by atoms with E-state index in [9.17, 15) is 4.79 Å². The van der Waals surface area contributed by atoms with Gasteiger partial charge in [-0.15, -0.1) is 0 Å². The summed E-state index contributed by atoms with van der Waals surface area (Å²) in [6, 6.07) is 0. The molecule has 0 aromatic heterocycles. The molecule has 1 amide bonds. The molecule has 1 unspecified atom stereocenters. The van der Waals surface area contributed by atoms with E-state index in [4.69, 9.17) is 9.47 Å². The highest BCUT2D eigenvalue weighted by Crippen LogP contribution is 2.23. The van der Waals surface area contributed by atoms with Crippen LogP contribution >= 0.6 is 0 Å². The molecule has 7 heteroatoms. The van der Waals surface area contributed by atoms with Crippen LogP contribution in [0, 0.1) is 5.92 Å². The second-order valence-corrected chi connectivity index (χ2v) is 7.60. The molecule has 0 aromatic rings. The summed E-state index contributed by atoms with van der Waals surface area (Å²) in [6.07, 6.45) is 6.51. The van der Waals surface area contributed by atoms with Crippen molar-refractivity contribution in [2.75, 3.05) is 54.1 Å². The number of aliphatic imine (C=N–C) groups is 1. The van der Waals surface area contributed by atoms with E-state index in [1.165, 1.54) is 19.3 Å². The molecule has 2 N–H and O–H groups in total. The summed E-state index contributed by atoms with van der Waals surface area (Å²) in [5.41, 5.74) is -0.237. The topological polar surface area (TPSA) is 75.2 Å². The largest absolute Gasteiger partial charge is 0.381 e. The molecule has 1 heterocycles. The van der Waals surface area contributed by atoms with Crippen LogP contribution in [0.4, 0.5) is 0 Å². The highest BCUT2D eigenvalue weighted by Gasteiger charge is 2.32. The van der Waals surface area contributed by atoms with E-state index in [1.54, 1.807) is 26.1 Å². The van der Waals surface area contributed by atoms with E-state index in [2.05, 4.69) is 29.5 Å². The summed E-state index contributed by atoms with van der Waals surface area (Å²) in [5.74, 6) is 1.28. The fraction of sp³-hybridized carbons (Fsp3) is 0.900. The Kier molecular flexibility index (Phi) is 11.4. The number of amides is 1. The number of hydrogen-bond donors (Lipinski definition) is 2. The molecule has 0 radical (unpaired) electrons. The summed E-state index contributed by atoms with van der Waals surface area (Å²) < 4.78 is 11.3. The molecule has 0 aromatic carbocycles. The maximum Gasteiger partial charge on any atom is 0.243 e. The van der Waals surface area contributed by atoms with E-state index in [-0.39, 0.29) is 18.1 Å². The van der Waals surface area contributed by atoms with Gasteiger partial charge in [0.05, 0.1) is 5.60 Å². The molecule has 1 saturated heterocycles. The molecule has 0 saturated carbocycles. The zero-order valence-electron chi connectivity index (χ0n) is 18.0. The maximum absolute atomic E-state index is 11.9. The second kappa shape index (κ2) is 12.9. The van der Waals surface area contributed by atoms with Gasteiger partial charge in [0.2, 0.25) is 5.91 Å². The normalized spacial score (nSPS) is 18.0. The van der Waals surface area contributed by atoms with Gasteiger partial charge in [-0.25, -0.2) is 4.99 Å². The van der Waals surface area contributed by atoms with Crippen molar-refractivity contribution in [1.82, 2.24) is 15.5 Å². The lowest BCUT2D eigenvalue weighted by molar-refractivity contribution is -0.127. The first-order chi connectivity index (χ1) is 13.0. The van der Waals surface area contributed by atoms with Crippen LogP contribution in [0.15, 0.2) is 4.99 Å². The van der Waals surface area contributed by atoms with Gasteiger partial charge >= 0.3 is 0 Å². The van der Waals surface area contributed by atoms with Crippen LogP contribution in [0.3, 0.4) is 0 Å². The third-order valence-corrected chi connectivity index (χ3v) is 5.39. The van der Waals surface area contributed by atoms with Crippen LogP contribution in [0.1, 0.15) is 52.4 Å². The van der Waals surface area contributed by atoms with E-state index in [0.29, 0.717) is 31.6 Å². The molecule has 1 atom stereocenters. The summed E-state index contributed by atoms with van der Waals surface area (Å²) in [4.78, 5) is 18.0. The Morgan fingerprint density at radius 3 is 2.52 bits per heavy atom. The fourth-order valence-electron chi connectivity index (χ4n) is 3.09. The van der Waals surface area contributed by atoms with Gasteiger partial charge in [0, 0.05) is 60.4 Å². The van der Waals surface area contributed by atoms with Gasteiger partial charge in [0.1, 0.15) is 6.54 Å². The van der Waals surface area contributed by atoms with Crippen molar-refractivity contribution in [3.05, 3.63) is 0 Å². The van der Waals surface area contributed by atoms with Crippen molar-refractivity contribution in [2.24, 2.45) is 10.9 Å². The fourth-order valence-corrected chi connectivity index (χ4v) is 3.09. The lowest BCUT2D eigenvalue weighted by Gasteiger charge is -2.36. The average molecular weight is 385 g/mol. The number of nitrogens with zero attached hydrogens (tertiary/aromatic N) is 2. The molecule has 1 rings (SSSR count). The second-order valence-electron chi connectivity index (χ2n) is 7.60. The lowest BCUT2D eigenvalue weighted by Crippen LogP contribution is -2.51. The smallest absolute Gasteiger partial charge is 0.243 e. The van der Waals surface area contributed by atoms with Crippen molar-refractivity contribution >= 4 is 11.9 Å². The zero-order valence-corrected chi connectivity index (χ0v) is 18.0. The van der Waals surface area contributed by atoms with Crippen LogP contribution in [0.2, 0.25) is 0 Å². The molecule has 7 nitrogen and oxygen atoms in total. The Morgan fingerprint density at radius 1 is 1.26 bits per heavy atom. The molecule has 0 spiro atoms. The minimum Gasteiger partial charge on any atom is -0.381 e. The Hall–Kier alpha value is -1.34. The van der Waals surface area contributed by atoms with Gasteiger partial charge < -0.3 is 25.0 Å². The minimum absolute atomic E-state index is 0.0124. The van der Waals surface area contributed by atoms with Crippen LogP contribution in [-0.2, 0) is 14.3 Å². The lowest BCUT2D eigenvalue weighted by atomic mass is 9.94. The predicted octanol–water partition coefficient (Wildman–Crippen LogP) is 2.02. The van der Waals surface area contributed by atoms with Crippen LogP contribution in [0.25, 0.3) is 0 Å². The highest BCUT2D eigenvalue weighted by atomic mass is 16.5. The average Bonchev–Trinajstić information content (AvgIpc) is 2.69. The molecule has 158 valence electrons. The molecule has 0 bridgehead atoms. The van der Waals surface area contributed by atoms with E-state index in [1.807, 2.05) is 0 Å². The molecular weight excluding hydrogens is 344 g/mol. The van der Waals surface area contributed by atoms with Crippen molar-refractivity contribution in [1.29, 1.82) is 0 Å². The quantitative estimate of drug-likeness (QED) is 0.421. The van der Waals surface area contributed by atoms with Crippen molar-refractivity contribution in [3.8, 4) is 0 Å². The summed E-state index contributed by atoms with van der Waals surface area (Å²) in [6.45, 7) is 7.52. The Labute approximate surface area is 165 Å². The van der Waals surface area contributed by atoms with Gasteiger partial charge in [0.15, 0.2) is 5.96 Å². The van der Waals surface area contributed by atoms with Gasteiger partial charge in [0.25, 0.3) is 0 Å². The molecule has 1 fully saturated rings. The van der Waals surface area contributed by atoms with E-state index >= 15 is 0 Å². The van der Waals surface area contributed by atoms with Crippen LogP contribution in [-0.4, -0.2) is 76.4 Å². The first-order valence-corrected chi connectivity index (χ1v) is 10.3. The molecule has 1 aliphatic rings. The molecule has 27 heavy (non-hydrogen) atoms. The Bertz CT molecular complexity index is 449. The van der Waals surface area contributed by atoms with Crippen molar-refractivity contribution in [2.45, 2.75) is 58.0 Å². The van der Waals surface area contributed by atoms with Crippen molar-refractivity contribution < 1.29 is 14.3 Å². The number of methoxy groups -OCH3 is 1. The Morgan fingerprint density at radius 2 is 1.96 bits per heavy atom. The van der Waals surface area contributed by atoms with E-state index in [0.717, 1.165) is 25.8 Å². The monoisotopic (exact) mass is 384 g/mol. The predicted molar refractivity (Wildman–Crippen MR) is 110 cm³/mol. The summed E-state index contributed by atoms with van der Waals surface area (Å²) >= 11 is 0. The number of unbranched alkanes of at least 4 members (excludes halogenated alkanes) is 1. The molecular formula is C20H40N4O3. The van der Waals surface area contributed by atoms with Gasteiger partial charge in [-0.05, 0) is 12.3 Å². The standard InChI is InChI=1S/C20H40N4O3/c1-6-8-9-17(7-2)14-21-19(22-15-18(25)24(3)4)23-16-20(26-5)10-12-27-13-11-20/h17H,6-16H2,1-5H3,(H2,21,22,23).